The maximum absolute atomic E-state index is 12.4. The molecule has 3 aromatic rings. The standard InChI is InChI=1S/C28H28ClN3O2S2/c1-16-5-6-17(13-22(16)29)23-11-8-19(34-23)9-12-25(33)31-27(35)32-26-21(15-30)20-10-7-18(28(2,3)4)14-24(20)36-26/h5-6,8-9,11-13,18H,7,10,14H2,1-4H3,(H2,31,32,33,35)/b12-9+. The molecule has 0 aliphatic heterocycles. The van der Waals surface area contributed by atoms with Gasteiger partial charge in [0.15, 0.2) is 5.11 Å². The van der Waals surface area contributed by atoms with Crippen LogP contribution >= 0.6 is 35.2 Å². The predicted molar refractivity (Wildman–Crippen MR) is 151 cm³/mol. The van der Waals surface area contributed by atoms with Gasteiger partial charge in [0.1, 0.15) is 22.6 Å². The number of nitrogens with one attached hydrogen (secondary N) is 2. The predicted octanol–water partition coefficient (Wildman–Crippen LogP) is 7.52. The Morgan fingerprint density at radius 3 is 2.78 bits per heavy atom. The number of fused-ring (bicyclic) bond motifs is 1. The third-order valence-electron chi connectivity index (χ3n) is 6.55. The number of nitrogens with zero attached hydrogens (tertiary/aromatic N) is 1. The summed E-state index contributed by atoms with van der Waals surface area (Å²) in [4.78, 5) is 13.7. The van der Waals surface area contributed by atoms with Crippen LogP contribution in [0.15, 0.2) is 40.8 Å². The Morgan fingerprint density at radius 1 is 1.31 bits per heavy atom. The highest BCUT2D eigenvalue weighted by Gasteiger charge is 2.32. The number of carbonyl (C=O) groups is 1. The van der Waals surface area contributed by atoms with Crippen LogP contribution < -0.4 is 10.6 Å². The minimum atomic E-state index is -0.392. The lowest BCUT2D eigenvalue weighted by Crippen LogP contribution is -2.32. The first-order valence-electron chi connectivity index (χ1n) is 11.8. The summed E-state index contributed by atoms with van der Waals surface area (Å²) in [5.74, 6) is 1.37. The minimum Gasteiger partial charge on any atom is -0.457 e. The summed E-state index contributed by atoms with van der Waals surface area (Å²) in [6, 6.07) is 11.7. The van der Waals surface area contributed by atoms with E-state index in [0.717, 1.165) is 36.0 Å². The summed E-state index contributed by atoms with van der Waals surface area (Å²) in [6.45, 7) is 8.73. The first kappa shape index (κ1) is 26.2. The van der Waals surface area contributed by atoms with E-state index >= 15 is 0 Å². The Morgan fingerprint density at radius 2 is 2.08 bits per heavy atom. The molecular formula is C28H28ClN3O2S2. The Kier molecular flexibility index (Phi) is 7.70. The highest BCUT2D eigenvalue weighted by atomic mass is 35.5. The van der Waals surface area contributed by atoms with Gasteiger partial charge in [-0.25, -0.2) is 0 Å². The molecule has 1 aliphatic rings. The number of furan rings is 1. The molecule has 0 saturated carbocycles. The SMILES string of the molecule is Cc1ccc(-c2ccc(/C=C/C(=O)NC(=S)Nc3sc4c(c3C#N)CCC(C(C)(C)C)C4)o2)cc1Cl. The van der Waals surface area contributed by atoms with Crippen molar-refractivity contribution in [1.29, 1.82) is 5.26 Å². The van der Waals surface area contributed by atoms with Crippen molar-refractivity contribution in [2.75, 3.05) is 5.32 Å². The smallest absolute Gasteiger partial charge is 0.250 e. The molecule has 1 atom stereocenters. The van der Waals surface area contributed by atoms with E-state index in [4.69, 9.17) is 28.2 Å². The van der Waals surface area contributed by atoms with E-state index in [1.165, 1.54) is 11.0 Å². The molecule has 0 fully saturated rings. The Bertz CT molecular complexity index is 1390. The van der Waals surface area contributed by atoms with Gasteiger partial charge < -0.3 is 9.73 Å². The molecule has 36 heavy (non-hydrogen) atoms. The molecule has 2 heterocycles. The van der Waals surface area contributed by atoms with Crippen molar-refractivity contribution < 1.29 is 9.21 Å². The minimum absolute atomic E-state index is 0.154. The van der Waals surface area contributed by atoms with Gasteiger partial charge in [-0.05, 0) is 85.1 Å². The lowest BCUT2D eigenvalue weighted by Gasteiger charge is -2.33. The first-order chi connectivity index (χ1) is 17.0. The van der Waals surface area contributed by atoms with Crippen molar-refractivity contribution in [3.8, 4) is 17.4 Å². The molecule has 0 radical (unpaired) electrons. The van der Waals surface area contributed by atoms with Crippen LogP contribution in [0.4, 0.5) is 5.00 Å². The van der Waals surface area contributed by atoms with Gasteiger partial charge in [0.25, 0.3) is 0 Å². The molecule has 186 valence electrons. The van der Waals surface area contributed by atoms with Crippen molar-refractivity contribution in [2.24, 2.45) is 11.3 Å². The van der Waals surface area contributed by atoms with E-state index in [0.29, 0.717) is 33.0 Å². The lowest BCUT2D eigenvalue weighted by molar-refractivity contribution is -0.115. The second-order valence-corrected chi connectivity index (χ2v) is 12.0. The van der Waals surface area contributed by atoms with Crippen LogP contribution in [0.3, 0.4) is 0 Å². The van der Waals surface area contributed by atoms with E-state index in [1.54, 1.807) is 23.5 Å². The van der Waals surface area contributed by atoms with Crippen molar-refractivity contribution >= 4 is 57.3 Å². The van der Waals surface area contributed by atoms with Crippen molar-refractivity contribution in [3.63, 3.8) is 0 Å². The van der Waals surface area contributed by atoms with Crippen LogP contribution in [0.25, 0.3) is 17.4 Å². The van der Waals surface area contributed by atoms with E-state index in [1.807, 2.05) is 31.2 Å². The number of carbonyl (C=O) groups excluding carboxylic acids is 1. The van der Waals surface area contributed by atoms with Crippen LogP contribution in [-0.2, 0) is 17.6 Å². The molecule has 5 nitrogen and oxygen atoms in total. The molecule has 2 N–H and O–H groups in total. The third kappa shape index (κ3) is 5.89. The Labute approximate surface area is 226 Å². The molecular weight excluding hydrogens is 510 g/mol. The normalized spacial score (nSPS) is 15.4. The number of nitriles is 1. The quantitative estimate of drug-likeness (QED) is 0.266. The molecule has 0 spiro atoms. The summed E-state index contributed by atoms with van der Waals surface area (Å²) >= 11 is 13.1. The molecule has 1 aromatic carbocycles. The van der Waals surface area contributed by atoms with E-state index in [9.17, 15) is 10.1 Å². The number of benzene rings is 1. The molecule has 1 amide bonds. The van der Waals surface area contributed by atoms with Gasteiger partial charge in [-0.15, -0.1) is 11.3 Å². The number of halogens is 1. The largest absolute Gasteiger partial charge is 0.457 e. The number of hydrogen-bond donors (Lipinski definition) is 2. The van der Waals surface area contributed by atoms with Gasteiger partial charge in [-0.1, -0.05) is 44.5 Å². The van der Waals surface area contributed by atoms with Crippen LogP contribution in [0, 0.1) is 29.6 Å². The van der Waals surface area contributed by atoms with E-state index < -0.39 is 5.91 Å². The fourth-order valence-corrected chi connectivity index (χ4v) is 6.05. The van der Waals surface area contributed by atoms with Gasteiger partial charge in [-0.2, -0.15) is 5.26 Å². The molecule has 2 aromatic heterocycles. The zero-order chi connectivity index (χ0) is 26.0. The third-order valence-corrected chi connectivity index (χ3v) is 8.33. The lowest BCUT2D eigenvalue weighted by atomic mass is 9.72. The van der Waals surface area contributed by atoms with E-state index in [2.05, 4.69) is 37.5 Å². The molecule has 1 aliphatic carbocycles. The fraction of sp³-hybridized carbons (Fsp3) is 0.321. The van der Waals surface area contributed by atoms with Gasteiger partial charge in [-0.3, -0.25) is 10.1 Å². The number of anilines is 1. The average Bonchev–Trinajstić information content (AvgIpc) is 3.42. The Hall–Kier alpha value is -2.92. The monoisotopic (exact) mass is 537 g/mol. The number of thiophene rings is 1. The van der Waals surface area contributed by atoms with Crippen LogP contribution in [0.5, 0.6) is 0 Å². The second-order valence-electron chi connectivity index (χ2n) is 10.1. The average molecular weight is 538 g/mol. The highest BCUT2D eigenvalue weighted by molar-refractivity contribution is 7.80. The number of rotatable bonds is 4. The number of aryl methyl sites for hydroxylation is 1. The Balaban J connectivity index is 1.38. The molecule has 4 rings (SSSR count). The van der Waals surface area contributed by atoms with Crippen LogP contribution in [-0.4, -0.2) is 11.0 Å². The van der Waals surface area contributed by atoms with Crippen molar-refractivity contribution in [2.45, 2.75) is 47.0 Å². The highest BCUT2D eigenvalue weighted by Crippen LogP contribution is 2.44. The topological polar surface area (TPSA) is 78.1 Å². The van der Waals surface area contributed by atoms with Crippen molar-refractivity contribution in [1.82, 2.24) is 5.32 Å². The molecule has 8 heteroatoms. The van der Waals surface area contributed by atoms with Crippen LogP contribution in [0.1, 0.15) is 54.5 Å². The van der Waals surface area contributed by atoms with Crippen molar-refractivity contribution in [3.05, 3.63) is 68.8 Å². The van der Waals surface area contributed by atoms with Crippen LogP contribution in [0.2, 0.25) is 5.02 Å². The maximum Gasteiger partial charge on any atom is 0.250 e. The summed E-state index contributed by atoms with van der Waals surface area (Å²) in [5.41, 5.74) is 3.82. The van der Waals surface area contributed by atoms with Gasteiger partial charge in [0.2, 0.25) is 5.91 Å². The van der Waals surface area contributed by atoms with Gasteiger partial charge in [0, 0.05) is 21.5 Å². The van der Waals surface area contributed by atoms with E-state index in [-0.39, 0.29) is 10.5 Å². The molecule has 1 unspecified atom stereocenters. The summed E-state index contributed by atoms with van der Waals surface area (Å²) in [7, 11) is 0. The zero-order valence-corrected chi connectivity index (χ0v) is 23.1. The first-order valence-corrected chi connectivity index (χ1v) is 13.4. The van der Waals surface area contributed by atoms with Gasteiger partial charge in [0.05, 0.1) is 5.56 Å². The number of hydrogen-bond acceptors (Lipinski definition) is 5. The molecule has 0 bridgehead atoms. The van der Waals surface area contributed by atoms with Gasteiger partial charge >= 0.3 is 0 Å². The summed E-state index contributed by atoms with van der Waals surface area (Å²) < 4.78 is 5.82. The zero-order valence-electron chi connectivity index (χ0n) is 20.7. The number of amides is 1. The summed E-state index contributed by atoms with van der Waals surface area (Å²) in [6.07, 6.45) is 5.85. The second kappa shape index (κ2) is 10.6. The summed E-state index contributed by atoms with van der Waals surface area (Å²) in [5, 5.41) is 17.0. The molecule has 0 saturated heterocycles. The number of thiocarbonyl (C=S) groups is 1. The fourth-order valence-electron chi connectivity index (χ4n) is 4.32. The maximum atomic E-state index is 12.4.